The average molecular weight is 302 g/mol. The van der Waals surface area contributed by atoms with Gasteiger partial charge in [0, 0.05) is 18.7 Å². The molecule has 1 aromatic rings. The molecule has 0 aliphatic heterocycles. The van der Waals surface area contributed by atoms with E-state index in [1.54, 1.807) is 0 Å². The van der Waals surface area contributed by atoms with Crippen LogP contribution in [0.1, 0.15) is 13.8 Å². The van der Waals surface area contributed by atoms with E-state index in [1.165, 1.54) is 18.2 Å². The lowest BCUT2D eigenvalue weighted by molar-refractivity contribution is -0.387. The minimum atomic E-state index is -3.91. The first kappa shape index (κ1) is 16.5. The van der Waals surface area contributed by atoms with Crippen molar-refractivity contribution in [3.8, 4) is 0 Å². The number of nitro groups is 1. The van der Waals surface area contributed by atoms with E-state index in [4.69, 9.17) is 0 Å². The molecule has 1 aromatic carbocycles. The van der Waals surface area contributed by atoms with Crippen LogP contribution in [0.5, 0.6) is 0 Å². The minimum Gasteiger partial charge on any atom is -0.391 e. The maximum Gasteiger partial charge on any atom is 0.287 e. The van der Waals surface area contributed by atoms with Gasteiger partial charge in [-0.05, 0) is 6.07 Å². The van der Waals surface area contributed by atoms with Crippen molar-refractivity contribution in [2.24, 2.45) is 0 Å². The maximum atomic E-state index is 12.1. The summed E-state index contributed by atoms with van der Waals surface area (Å²) in [6.07, 6.45) is -1.12. The standard InChI is InChI=1S/C12H18N2O5S/c1-9(2)13-7-10(15)8-20(18,19)12-6-4-3-5-11(12)14(16)17/h3-6,9-10,13,15H,7-8H2,1-2H3. The van der Waals surface area contributed by atoms with Crippen molar-refractivity contribution in [2.75, 3.05) is 12.3 Å². The van der Waals surface area contributed by atoms with Gasteiger partial charge in [0.25, 0.3) is 5.69 Å². The van der Waals surface area contributed by atoms with Crippen LogP contribution in [0, 0.1) is 10.1 Å². The zero-order valence-electron chi connectivity index (χ0n) is 11.3. The second kappa shape index (κ2) is 6.78. The Kier molecular flexibility index (Phi) is 5.61. The van der Waals surface area contributed by atoms with Crippen LogP contribution < -0.4 is 5.32 Å². The van der Waals surface area contributed by atoms with E-state index in [2.05, 4.69) is 5.32 Å². The molecule has 112 valence electrons. The van der Waals surface area contributed by atoms with E-state index in [1.807, 2.05) is 13.8 Å². The molecule has 0 heterocycles. The van der Waals surface area contributed by atoms with Crippen LogP contribution in [0.25, 0.3) is 0 Å². The predicted octanol–water partition coefficient (Wildman–Crippen LogP) is 0.727. The van der Waals surface area contributed by atoms with Crippen molar-refractivity contribution in [1.29, 1.82) is 0 Å². The summed E-state index contributed by atoms with van der Waals surface area (Å²) in [5.74, 6) is -0.558. The largest absolute Gasteiger partial charge is 0.391 e. The molecule has 0 spiro atoms. The van der Waals surface area contributed by atoms with Crippen LogP contribution in [0.2, 0.25) is 0 Å². The predicted molar refractivity (Wildman–Crippen MR) is 74.3 cm³/mol. The van der Waals surface area contributed by atoms with E-state index >= 15 is 0 Å². The summed E-state index contributed by atoms with van der Waals surface area (Å²) in [5, 5.41) is 23.5. The Hall–Kier alpha value is -1.51. The fraction of sp³-hybridized carbons (Fsp3) is 0.500. The number of nitrogens with zero attached hydrogens (tertiary/aromatic N) is 1. The van der Waals surface area contributed by atoms with Crippen LogP contribution in [0.4, 0.5) is 5.69 Å². The smallest absolute Gasteiger partial charge is 0.287 e. The van der Waals surface area contributed by atoms with Gasteiger partial charge in [0.05, 0.1) is 16.8 Å². The van der Waals surface area contributed by atoms with Gasteiger partial charge in [0.2, 0.25) is 0 Å². The van der Waals surface area contributed by atoms with E-state index in [9.17, 15) is 23.6 Å². The highest BCUT2D eigenvalue weighted by Gasteiger charge is 2.27. The Morgan fingerprint density at radius 1 is 1.35 bits per heavy atom. The zero-order chi connectivity index (χ0) is 15.3. The fourth-order valence-electron chi connectivity index (χ4n) is 1.64. The Morgan fingerprint density at radius 3 is 2.50 bits per heavy atom. The van der Waals surface area contributed by atoms with Crippen LogP contribution in [0.15, 0.2) is 29.2 Å². The van der Waals surface area contributed by atoms with Gasteiger partial charge in [-0.25, -0.2) is 8.42 Å². The molecule has 20 heavy (non-hydrogen) atoms. The number of rotatable bonds is 7. The number of hydrogen-bond donors (Lipinski definition) is 2. The molecule has 0 aliphatic rings. The molecular weight excluding hydrogens is 284 g/mol. The Bertz CT molecular complexity index is 571. The Morgan fingerprint density at radius 2 is 1.95 bits per heavy atom. The van der Waals surface area contributed by atoms with E-state index in [-0.39, 0.29) is 17.5 Å². The van der Waals surface area contributed by atoms with Crippen molar-refractivity contribution in [2.45, 2.75) is 30.9 Å². The molecule has 0 aliphatic carbocycles. The van der Waals surface area contributed by atoms with Gasteiger partial charge >= 0.3 is 0 Å². The molecule has 0 aromatic heterocycles. The number of nitro benzene ring substituents is 1. The van der Waals surface area contributed by atoms with Crippen LogP contribution in [-0.4, -0.2) is 42.9 Å². The summed E-state index contributed by atoms with van der Waals surface area (Å²) in [5.41, 5.74) is -0.475. The second-order valence-corrected chi connectivity index (χ2v) is 6.73. The molecule has 7 nitrogen and oxygen atoms in total. The van der Waals surface area contributed by atoms with Crippen LogP contribution in [-0.2, 0) is 9.84 Å². The van der Waals surface area contributed by atoms with Gasteiger partial charge in [-0.3, -0.25) is 10.1 Å². The number of aliphatic hydroxyl groups excluding tert-OH is 1. The van der Waals surface area contributed by atoms with Crippen molar-refractivity contribution in [1.82, 2.24) is 5.32 Å². The summed E-state index contributed by atoms with van der Waals surface area (Å²) < 4.78 is 24.2. The summed E-state index contributed by atoms with van der Waals surface area (Å²) in [6, 6.07) is 5.23. The molecule has 0 radical (unpaired) electrons. The SMILES string of the molecule is CC(C)NCC(O)CS(=O)(=O)c1ccccc1[N+](=O)[O-]. The van der Waals surface area contributed by atoms with Gasteiger partial charge in [0.15, 0.2) is 9.84 Å². The first-order valence-electron chi connectivity index (χ1n) is 6.11. The molecular formula is C12H18N2O5S. The van der Waals surface area contributed by atoms with Crippen LogP contribution in [0.3, 0.4) is 0 Å². The minimum absolute atomic E-state index is 0.109. The lowest BCUT2D eigenvalue weighted by Gasteiger charge is -2.14. The van der Waals surface area contributed by atoms with Gasteiger partial charge in [-0.1, -0.05) is 26.0 Å². The number of aliphatic hydroxyl groups is 1. The lowest BCUT2D eigenvalue weighted by Crippen LogP contribution is -2.36. The van der Waals surface area contributed by atoms with E-state index < -0.39 is 32.3 Å². The molecule has 1 rings (SSSR count). The summed E-state index contributed by atoms with van der Waals surface area (Å²) >= 11 is 0. The van der Waals surface area contributed by atoms with Gasteiger partial charge in [0.1, 0.15) is 4.90 Å². The fourth-order valence-corrected chi connectivity index (χ4v) is 3.20. The normalized spacial score (nSPS) is 13.4. The molecule has 1 unspecified atom stereocenters. The van der Waals surface area contributed by atoms with Crippen molar-refractivity contribution in [3.63, 3.8) is 0 Å². The highest BCUT2D eigenvalue weighted by atomic mass is 32.2. The third-order valence-electron chi connectivity index (χ3n) is 2.57. The topological polar surface area (TPSA) is 110 Å². The highest BCUT2D eigenvalue weighted by molar-refractivity contribution is 7.91. The van der Waals surface area contributed by atoms with Crippen molar-refractivity contribution < 1.29 is 18.4 Å². The highest BCUT2D eigenvalue weighted by Crippen LogP contribution is 2.24. The number of benzene rings is 1. The Balaban J connectivity index is 2.92. The number of nitrogens with one attached hydrogen (secondary N) is 1. The molecule has 0 saturated carbocycles. The van der Waals surface area contributed by atoms with E-state index in [0.29, 0.717) is 0 Å². The molecule has 0 bridgehead atoms. The second-order valence-electron chi connectivity index (χ2n) is 4.72. The van der Waals surface area contributed by atoms with Crippen LogP contribution >= 0.6 is 0 Å². The molecule has 2 N–H and O–H groups in total. The molecule has 1 atom stereocenters. The summed E-state index contributed by atoms with van der Waals surface area (Å²) in [4.78, 5) is 9.72. The lowest BCUT2D eigenvalue weighted by atomic mass is 10.3. The average Bonchev–Trinajstić information content (AvgIpc) is 2.36. The zero-order valence-corrected chi connectivity index (χ0v) is 12.1. The van der Waals surface area contributed by atoms with Crippen molar-refractivity contribution in [3.05, 3.63) is 34.4 Å². The summed E-state index contributed by atoms with van der Waals surface area (Å²) in [7, 11) is -3.91. The number of sulfone groups is 1. The first-order chi connectivity index (χ1) is 9.24. The Labute approximate surface area is 117 Å². The van der Waals surface area contributed by atoms with Gasteiger partial charge in [-0.2, -0.15) is 0 Å². The molecule has 0 fully saturated rings. The molecule has 8 heteroatoms. The van der Waals surface area contributed by atoms with E-state index in [0.717, 1.165) is 6.07 Å². The van der Waals surface area contributed by atoms with Gasteiger partial charge < -0.3 is 10.4 Å². The third kappa shape index (κ3) is 4.55. The maximum absolute atomic E-state index is 12.1. The number of hydrogen-bond acceptors (Lipinski definition) is 6. The first-order valence-corrected chi connectivity index (χ1v) is 7.77. The third-order valence-corrected chi connectivity index (χ3v) is 4.41. The molecule has 0 saturated heterocycles. The number of para-hydroxylation sites is 1. The van der Waals surface area contributed by atoms with Crippen molar-refractivity contribution >= 4 is 15.5 Å². The quantitative estimate of drug-likeness (QED) is 0.567. The molecule has 0 amide bonds. The summed E-state index contributed by atoms with van der Waals surface area (Å²) in [6.45, 7) is 3.84. The van der Waals surface area contributed by atoms with Gasteiger partial charge in [-0.15, -0.1) is 0 Å². The monoisotopic (exact) mass is 302 g/mol.